The highest BCUT2D eigenvalue weighted by Gasteiger charge is 2.60. The molecule has 0 spiro atoms. The van der Waals surface area contributed by atoms with E-state index in [9.17, 15) is 9.59 Å². The lowest BCUT2D eigenvalue weighted by Crippen LogP contribution is -2.47. The SMILES string of the molecule is CCOCCN1CCN(CCCON2C(=O)C3C(C2=O)[C@H]2C=C[C@@H]3C2)CC1. The van der Waals surface area contributed by atoms with Crippen LogP contribution in [-0.2, 0) is 19.2 Å². The van der Waals surface area contributed by atoms with E-state index >= 15 is 0 Å². The fraction of sp³-hybridized carbons (Fsp3) is 0.800. The third kappa shape index (κ3) is 3.83. The standard InChI is InChI=1S/C20H31N3O4/c1-2-26-13-11-22-9-7-21(8-10-22)6-3-12-27-23-19(24)17-15-4-5-16(14-15)18(17)20(23)25/h4-5,15-18H,2-3,6-14H2,1H3/t15-,16+,17?,18?. The molecule has 3 fully saturated rings. The summed E-state index contributed by atoms with van der Waals surface area (Å²) >= 11 is 0. The average Bonchev–Trinajstić information content (AvgIpc) is 3.35. The Morgan fingerprint density at radius 2 is 1.52 bits per heavy atom. The fourth-order valence-corrected chi connectivity index (χ4v) is 5.02. The quantitative estimate of drug-likeness (QED) is 0.336. The number of hydroxylamine groups is 2. The zero-order valence-corrected chi connectivity index (χ0v) is 16.2. The first-order chi connectivity index (χ1) is 13.2. The van der Waals surface area contributed by atoms with Gasteiger partial charge in [-0.2, -0.15) is 5.06 Å². The Bertz CT molecular complexity index is 558. The molecular formula is C20H31N3O4. The number of ether oxygens (including phenoxy) is 1. The Morgan fingerprint density at radius 3 is 2.11 bits per heavy atom. The normalized spacial score (nSPS) is 33.4. The van der Waals surface area contributed by atoms with Gasteiger partial charge in [0.05, 0.1) is 25.0 Å². The Kier molecular flexibility index (Phi) is 5.92. The van der Waals surface area contributed by atoms with Crippen molar-refractivity contribution in [2.45, 2.75) is 19.8 Å². The Balaban J connectivity index is 1.14. The van der Waals surface area contributed by atoms with Gasteiger partial charge in [0.1, 0.15) is 0 Å². The fourth-order valence-electron chi connectivity index (χ4n) is 5.02. The molecule has 2 bridgehead atoms. The van der Waals surface area contributed by atoms with Crippen LogP contribution in [0.2, 0.25) is 0 Å². The molecule has 0 aromatic heterocycles. The topological polar surface area (TPSA) is 62.3 Å². The second-order valence-corrected chi connectivity index (χ2v) is 8.04. The zero-order chi connectivity index (χ0) is 18.8. The highest BCUT2D eigenvalue weighted by atomic mass is 16.7. The molecule has 4 rings (SSSR count). The molecule has 0 aromatic rings. The minimum atomic E-state index is -0.169. The zero-order valence-electron chi connectivity index (χ0n) is 16.2. The van der Waals surface area contributed by atoms with Crippen molar-refractivity contribution in [3.63, 3.8) is 0 Å². The van der Waals surface area contributed by atoms with Gasteiger partial charge in [-0.1, -0.05) is 12.2 Å². The molecule has 2 aliphatic carbocycles. The van der Waals surface area contributed by atoms with Gasteiger partial charge in [-0.05, 0) is 31.6 Å². The van der Waals surface area contributed by atoms with Crippen LogP contribution < -0.4 is 0 Å². The average molecular weight is 377 g/mol. The Labute approximate surface area is 161 Å². The summed E-state index contributed by atoms with van der Waals surface area (Å²) in [5, 5.41) is 1.08. The number of piperazine rings is 1. The van der Waals surface area contributed by atoms with Gasteiger partial charge in [-0.15, -0.1) is 0 Å². The molecule has 0 N–H and O–H groups in total. The molecule has 1 saturated carbocycles. The van der Waals surface area contributed by atoms with Gasteiger partial charge in [0.2, 0.25) is 0 Å². The summed E-state index contributed by atoms with van der Waals surface area (Å²) in [7, 11) is 0. The predicted molar refractivity (Wildman–Crippen MR) is 99.5 cm³/mol. The van der Waals surface area contributed by atoms with Crippen LogP contribution >= 0.6 is 0 Å². The maximum atomic E-state index is 12.5. The van der Waals surface area contributed by atoms with E-state index in [2.05, 4.69) is 22.0 Å². The van der Waals surface area contributed by atoms with Crippen LogP contribution in [0.1, 0.15) is 19.8 Å². The minimum absolute atomic E-state index is 0.121. The van der Waals surface area contributed by atoms with Crippen LogP contribution in [0.4, 0.5) is 0 Å². The molecule has 2 aliphatic heterocycles. The number of imide groups is 1. The van der Waals surface area contributed by atoms with Crippen molar-refractivity contribution in [2.24, 2.45) is 23.7 Å². The van der Waals surface area contributed by atoms with E-state index < -0.39 is 0 Å². The predicted octanol–water partition coefficient (Wildman–Crippen LogP) is 0.769. The lowest BCUT2D eigenvalue weighted by atomic mass is 9.85. The van der Waals surface area contributed by atoms with Gasteiger partial charge in [0, 0.05) is 45.9 Å². The second-order valence-electron chi connectivity index (χ2n) is 8.04. The van der Waals surface area contributed by atoms with Gasteiger partial charge >= 0.3 is 0 Å². The molecule has 7 nitrogen and oxygen atoms in total. The van der Waals surface area contributed by atoms with E-state index in [1.54, 1.807) is 0 Å². The van der Waals surface area contributed by atoms with Gasteiger partial charge in [-0.25, -0.2) is 0 Å². The number of amides is 2. The first-order valence-corrected chi connectivity index (χ1v) is 10.4. The first-order valence-electron chi connectivity index (χ1n) is 10.4. The van der Waals surface area contributed by atoms with Gasteiger partial charge in [-0.3, -0.25) is 19.3 Å². The van der Waals surface area contributed by atoms with Crippen molar-refractivity contribution in [1.29, 1.82) is 0 Å². The third-order valence-electron chi connectivity index (χ3n) is 6.49. The minimum Gasteiger partial charge on any atom is -0.380 e. The molecule has 0 aromatic carbocycles. The molecule has 7 heteroatoms. The molecule has 150 valence electrons. The first kappa shape index (κ1) is 19.1. The van der Waals surface area contributed by atoms with Crippen LogP contribution in [0.3, 0.4) is 0 Å². The molecule has 4 aliphatic rings. The summed E-state index contributed by atoms with van der Waals surface area (Å²) in [4.78, 5) is 35.6. The number of rotatable bonds is 9. The summed E-state index contributed by atoms with van der Waals surface area (Å²) in [6.07, 6.45) is 6.00. The maximum absolute atomic E-state index is 12.5. The van der Waals surface area contributed by atoms with Crippen LogP contribution in [-0.4, -0.2) is 85.8 Å². The van der Waals surface area contributed by atoms with Gasteiger partial charge in [0.15, 0.2) is 0 Å². The molecule has 2 amide bonds. The lowest BCUT2D eigenvalue weighted by Gasteiger charge is -2.34. The number of hydrogen-bond acceptors (Lipinski definition) is 6. The van der Waals surface area contributed by atoms with E-state index in [-0.39, 0.29) is 35.5 Å². The molecule has 4 atom stereocenters. The van der Waals surface area contributed by atoms with Crippen molar-refractivity contribution in [2.75, 3.05) is 59.1 Å². The van der Waals surface area contributed by atoms with Gasteiger partial charge < -0.3 is 9.64 Å². The molecule has 2 heterocycles. The molecule has 27 heavy (non-hydrogen) atoms. The summed E-state index contributed by atoms with van der Waals surface area (Å²) < 4.78 is 5.42. The van der Waals surface area contributed by atoms with Crippen molar-refractivity contribution in [3.8, 4) is 0 Å². The maximum Gasteiger partial charge on any atom is 0.258 e. The number of carbonyl (C=O) groups excluding carboxylic acids is 2. The van der Waals surface area contributed by atoms with E-state index in [1.807, 2.05) is 6.92 Å². The second kappa shape index (κ2) is 8.39. The van der Waals surface area contributed by atoms with Crippen LogP contribution in [0.5, 0.6) is 0 Å². The monoisotopic (exact) mass is 377 g/mol. The van der Waals surface area contributed by atoms with Crippen molar-refractivity contribution in [3.05, 3.63) is 12.2 Å². The summed E-state index contributed by atoms with van der Waals surface area (Å²) in [6, 6.07) is 0. The number of allylic oxidation sites excluding steroid dienone is 2. The highest BCUT2D eigenvalue weighted by molar-refractivity contribution is 6.05. The van der Waals surface area contributed by atoms with Gasteiger partial charge in [0.25, 0.3) is 11.8 Å². The number of fused-ring (bicyclic) bond motifs is 5. The third-order valence-corrected chi connectivity index (χ3v) is 6.49. The van der Waals surface area contributed by atoms with E-state index in [0.717, 1.165) is 70.4 Å². The van der Waals surface area contributed by atoms with Crippen LogP contribution in [0, 0.1) is 23.7 Å². The van der Waals surface area contributed by atoms with Crippen molar-refractivity contribution in [1.82, 2.24) is 14.9 Å². The van der Waals surface area contributed by atoms with Crippen LogP contribution in [0.15, 0.2) is 12.2 Å². The lowest BCUT2D eigenvalue weighted by molar-refractivity contribution is -0.190. The van der Waals surface area contributed by atoms with E-state index in [4.69, 9.17) is 9.57 Å². The number of carbonyl (C=O) groups is 2. The van der Waals surface area contributed by atoms with Crippen molar-refractivity contribution < 1.29 is 19.2 Å². The van der Waals surface area contributed by atoms with Crippen molar-refractivity contribution >= 4 is 11.8 Å². The Hall–Kier alpha value is -1.28. The number of nitrogens with zero attached hydrogens (tertiary/aromatic N) is 3. The molecular weight excluding hydrogens is 346 g/mol. The molecule has 2 unspecified atom stereocenters. The molecule has 0 radical (unpaired) electrons. The largest absolute Gasteiger partial charge is 0.380 e. The Morgan fingerprint density at radius 1 is 0.926 bits per heavy atom. The smallest absolute Gasteiger partial charge is 0.258 e. The summed E-state index contributed by atoms with van der Waals surface area (Å²) in [6.45, 7) is 10.2. The summed E-state index contributed by atoms with van der Waals surface area (Å²) in [5.74, 6) is -0.0998. The number of hydrogen-bond donors (Lipinski definition) is 0. The highest BCUT2D eigenvalue weighted by Crippen LogP contribution is 2.52. The van der Waals surface area contributed by atoms with E-state index in [0.29, 0.717) is 6.61 Å². The van der Waals surface area contributed by atoms with E-state index in [1.165, 1.54) is 0 Å². The van der Waals surface area contributed by atoms with Crippen LogP contribution in [0.25, 0.3) is 0 Å². The summed E-state index contributed by atoms with van der Waals surface area (Å²) in [5.41, 5.74) is 0. The molecule has 2 saturated heterocycles.